The first-order valence-electron chi connectivity index (χ1n) is 10.5. The summed E-state index contributed by atoms with van der Waals surface area (Å²) in [6, 6.07) is 4.06. The van der Waals surface area contributed by atoms with Crippen molar-refractivity contribution in [1.82, 2.24) is 30.0 Å². The van der Waals surface area contributed by atoms with E-state index in [1.807, 2.05) is 4.90 Å². The van der Waals surface area contributed by atoms with E-state index in [4.69, 9.17) is 4.42 Å². The average Bonchev–Trinajstić information content (AvgIpc) is 3.41. The van der Waals surface area contributed by atoms with Crippen molar-refractivity contribution >= 4 is 5.91 Å². The molecular formula is C20H30N6O2. The molecule has 1 saturated heterocycles. The number of carbonyl (C=O) groups excluding carboxylic acids is 1. The molecule has 0 N–H and O–H groups in total. The van der Waals surface area contributed by atoms with E-state index < -0.39 is 0 Å². The summed E-state index contributed by atoms with van der Waals surface area (Å²) in [7, 11) is 0. The van der Waals surface area contributed by atoms with Crippen LogP contribution >= 0.6 is 0 Å². The van der Waals surface area contributed by atoms with E-state index in [0.29, 0.717) is 30.8 Å². The van der Waals surface area contributed by atoms with Crippen LogP contribution < -0.4 is 0 Å². The van der Waals surface area contributed by atoms with Crippen LogP contribution in [0.2, 0.25) is 0 Å². The molecule has 1 saturated carbocycles. The molecule has 152 valence electrons. The van der Waals surface area contributed by atoms with Crippen LogP contribution in [0.3, 0.4) is 0 Å². The van der Waals surface area contributed by atoms with Gasteiger partial charge in [0.25, 0.3) is 5.91 Å². The maximum Gasteiger partial charge on any atom is 0.289 e. The van der Waals surface area contributed by atoms with Gasteiger partial charge in [-0.2, -0.15) is 0 Å². The first-order valence-corrected chi connectivity index (χ1v) is 10.5. The Bertz CT molecular complexity index is 758. The van der Waals surface area contributed by atoms with Gasteiger partial charge >= 0.3 is 0 Å². The maximum absolute atomic E-state index is 12.5. The lowest BCUT2D eigenvalue weighted by atomic mass is 9.94. The number of aromatic nitrogens is 4. The maximum atomic E-state index is 12.5. The van der Waals surface area contributed by atoms with Crippen LogP contribution in [0.5, 0.6) is 0 Å². The number of hydrogen-bond donors (Lipinski definition) is 0. The minimum atomic E-state index is -0.0298. The highest BCUT2D eigenvalue weighted by molar-refractivity contribution is 5.91. The molecule has 2 aromatic heterocycles. The zero-order valence-electron chi connectivity index (χ0n) is 16.8. The summed E-state index contributed by atoms with van der Waals surface area (Å²) in [6.45, 7) is 7.46. The van der Waals surface area contributed by atoms with Gasteiger partial charge < -0.3 is 9.32 Å². The molecule has 0 aromatic carbocycles. The third-order valence-electron chi connectivity index (χ3n) is 6.06. The highest BCUT2D eigenvalue weighted by Crippen LogP contribution is 2.33. The third kappa shape index (κ3) is 3.83. The fourth-order valence-electron chi connectivity index (χ4n) is 4.62. The van der Waals surface area contributed by atoms with Crippen molar-refractivity contribution in [2.75, 3.05) is 26.2 Å². The third-order valence-corrected chi connectivity index (χ3v) is 6.06. The van der Waals surface area contributed by atoms with Gasteiger partial charge in [0.15, 0.2) is 11.6 Å². The van der Waals surface area contributed by atoms with E-state index in [-0.39, 0.29) is 11.9 Å². The zero-order chi connectivity index (χ0) is 19.5. The van der Waals surface area contributed by atoms with E-state index in [9.17, 15) is 4.79 Å². The van der Waals surface area contributed by atoms with Gasteiger partial charge in [-0.1, -0.05) is 33.1 Å². The normalized spacial score (nSPS) is 20.6. The van der Waals surface area contributed by atoms with Crippen molar-refractivity contribution in [2.45, 2.75) is 58.0 Å². The molecule has 4 rings (SSSR count). The van der Waals surface area contributed by atoms with Gasteiger partial charge in [0.2, 0.25) is 0 Å². The molecule has 2 aliphatic rings. The number of hydrogen-bond acceptors (Lipinski definition) is 6. The molecular weight excluding hydrogens is 356 g/mol. The smallest absolute Gasteiger partial charge is 0.289 e. The molecule has 0 radical (unpaired) electrons. The highest BCUT2D eigenvalue weighted by Gasteiger charge is 2.34. The highest BCUT2D eigenvalue weighted by atomic mass is 16.3. The lowest BCUT2D eigenvalue weighted by Crippen LogP contribution is -2.51. The Morgan fingerprint density at radius 2 is 1.89 bits per heavy atom. The molecule has 8 heteroatoms. The molecule has 2 fully saturated rings. The molecule has 8 nitrogen and oxygen atoms in total. The van der Waals surface area contributed by atoms with Gasteiger partial charge in [-0.15, -0.1) is 5.10 Å². The first-order chi connectivity index (χ1) is 13.6. The van der Waals surface area contributed by atoms with Crippen LogP contribution in [-0.4, -0.2) is 62.1 Å². The second-order valence-corrected chi connectivity index (χ2v) is 8.27. The lowest BCUT2D eigenvalue weighted by Gasteiger charge is -2.40. The summed E-state index contributed by atoms with van der Waals surface area (Å²) in [4.78, 5) is 16.8. The van der Waals surface area contributed by atoms with Crippen LogP contribution in [-0.2, 0) is 0 Å². The zero-order valence-corrected chi connectivity index (χ0v) is 16.8. The molecule has 1 aliphatic carbocycles. The summed E-state index contributed by atoms with van der Waals surface area (Å²) in [6.07, 6.45) is 7.69. The Morgan fingerprint density at radius 3 is 2.54 bits per heavy atom. The predicted octanol–water partition coefficient (Wildman–Crippen LogP) is 2.93. The molecule has 0 unspecified atom stereocenters. The number of piperazine rings is 1. The number of tetrazole rings is 1. The average molecular weight is 387 g/mol. The fraction of sp³-hybridized carbons (Fsp3) is 0.700. The van der Waals surface area contributed by atoms with Crippen LogP contribution in [0, 0.1) is 5.92 Å². The summed E-state index contributed by atoms with van der Waals surface area (Å²) >= 11 is 0. The molecule has 0 spiro atoms. The summed E-state index contributed by atoms with van der Waals surface area (Å²) in [5.41, 5.74) is 0. The minimum Gasteiger partial charge on any atom is -0.459 e. The van der Waals surface area contributed by atoms with Crippen LogP contribution in [0.15, 0.2) is 22.8 Å². The molecule has 28 heavy (non-hydrogen) atoms. The minimum absolute atomic E-state index is 0.0298. The van der Waals surface area contributed by atoms with Gasteiger partial charge in [0.1, 0.15) is 0 Å². The topological polar surface area (TPSA) is 80.3 Å². The Morgan fingerprint density at radius 1 is 1.14 bits per heavy atom. The Labute approximate surface area is 165 Å². The van der Waals surface area contributed by atoms with Gasteiger partial charge in [0.05, 0.1) is 18.3 Å². The van der Waals surface area contributed by atoms with Crippen molar-refractivity contribution in [1.29, 1.82) is 0 Å². The predicted molar refractivity (Wildman–Crippen MR) is 104 cm³/mol. The van der Waals surface area contributed by atoms with Gasteiger partial charge in [-0.05, 0) is 41.3 Å². The number of amides is 1. The Kier molecular flexibility index (Phi) is 5.75. The fourth-order valence-corrected chi connectivity index (χ4v) is 4.62. The first kappa shape index (κ1) is 19.1. The number of carbonyl (C=O) groups is 1. The molecule has 1 atom stereocenters. The van der Waals surface area contributed by atoms with Crippen molar-refractivity contribution in [3.63, 3.8) is 0 Å². The van der Waals surface area contributed by atoms with Crippen LogP contribution in [0.1, 0.15) is 74.4 Å². The van der Waals surface area contributed by atoms with E-state index >= 15 is 0 Å². The Balaban J connectivity index is 1.46. The van der Waals surface area contributed by atoms with Crippen molar-refractivity contribution in [3.05, 3.63) is 30.0 Å². The van der Waals surface area contributed by atoms with E-state index in [2.05, 4.69) is 39.0 Å². The largest absolute Gasteiger partial charge is 0.459 e. The SMILES string of the molecule is CC(C)[C@H](c1nnnn1C1CCCCC1)N1CCN(C(=O)c2ccco2)CC1. The quantitative estimate of drug-likeness (QED) is 0.786. The molecule has 3 heterocycles. The van der Waals surface area contributed by atoms with Crippen molar-refractivity contribution in [2.24, 2.45) is 5.92 Å². The molecule has 2 aromatic rings. The lowest BCUT2D eigenvalue weighted by molar-refractivity contribution is 0.0458. The van der Waals surface area contributed by atoms with Crippen molar-refractivity contribution in [3.8, 4) is 0 Å². The molecule has 1 amide bonds. The van der Waals surface area contributed by atoms with Crippen LogP contribution in [0.4, 0.5) is 0 Å². The van der Waals surface area contributed by atoms with Crippen LogP contribution in [0.25, 0.3) is 0 Å². The van der Waals surface area contributed by atoms with Crippen molar-refractivity contribution < 1.29 is 9.21 Å². The van der Waals surface area contributed by atoms with E-state index in [0.717, 1.165) is 31.8 Å². The van der Waals surface area contributed by atoms with Gasteiger partial charge in [-0.25, -0.2) is 4.68 Å². The number of furan rings is 1. The summed E-state index contributed by atoms with van der Waals surface area (Å²) in [5.74, 6) is 1.75. The number of nitrogens with zero attached hydrogens (tertiary/aromatic N) is 6. The monoisotopic (exact) mass is 386 g/mol. The molecule has 0 bridgehead atoms. The second kappa shape index (κ2) is 8.43. The number of rotatable bonds is 5. The second-order valence-electron chi connectivity index (χ2n) is 8.27. The van der Waals surface area contributed by atoms with Gasteiger partial charge in [0, 0.05) is 26.2 Å². The molecule has 1 aliphatic heterocycles. The van der Waals surface area contributed by atoms with E-state index in [1.165, 1.54) is 19.3 Å². The summed E-state index contributed by atoms with van der Waals surface area (Å²) < 4.78 is 7.36. The van der Waals surface area contributed by atoms with Gasteiger partial charge in [-0.3, -0.25) is 9.69 Å². The Hall–Kier alpha value is -2.22. The van der Waals surface area contributed by atoms with E-state index in [1.54, 1.807) is 18.4 Å². The standard InChI is InChI=1S/C20H30N6O2/c1-15(2)18(19-21-22-23-26(19)16-7-4-3-5-8-16)24-10-12-25(13-11-24)20(27)17-9-6-14-28-17/h6,9,14-16,18H,3-5,7-8,10-13H2,1-2H3/t18-/m1/s1. The summed E-state index contributed by atoms with van der Waals surface area (Å²) in [5, 5.41) is 12.8.